The molecule has 2 heterocycles. The maximum atomic E-state index is 6.21. The molecule has 5 heteroatoms. The van der Waals surface area contributed by atoms with E-state index in [1.807, 2.05) is 36.4 Å². The van der Waals surface area contributed by atoms with Crippen LogP contribution >= 0.6 is 0 Å². The van der Waals surface area contributed by atoms with E-state index in [9.17, 15) is 0 Å². The van der Waals surface area contributed by atoms with Crippen molar-refractivity contribution < 1.29 is 4.74 Å². The fourth-order valence-electron chi connectivity index (χ4n) is 2.96. The van der Waals surface area contributed by atoms with E-state index >= 15 is 0 Å². The first-order chi connectivity index (χ1) is 12.6. The highest BCUT2D eigenvalue weighted by Crippen LogP contribution is 2.22. The van der Waals surface area contributed by atoms with Crippen LogP contribution < -0.4 is 10.5 Å². The van der Waals surface area contributed by atoms with E-state index in [-0.39, 0.29) is 0 Å². The van der Waals surface area contributed by atoms with Crippen LogP contribution in [0, 0.1) is 6.92 Å². The second-order valence-corrected chi connectivity index (χ2v) is 6.36. The zero-order valence-electron chi connectivity index (χ0n) is 14.8. The SMILES string of the molecule is COc1ccc(Cc2cc3nc(-c4ccc(C)cc4)cc(N)n3n2)cc1. The highest BCUT2D eigenvalue weighted by molar-refractivity contribution is 5.66. The van der Waals surface area contributed by atoms with Gasteiger partial charge in [-0.15, -0.1) is 0 Å². The molecule has 2 aromatic carbocycles. The quantitative estimate of drug-likeness (QED) is 0.610. The third kappa shape index (κ3) is 3.11. The van der Waals surface area contributed by atoms with Gasteiger partial charge in [0.25, 0.3) is 0 Å². The van der Waals surface area contributed by atoms with Gasteiger partial charge in [0.1, 0.15) is 11.6 Å². The van der Waals surface area contributed by atoms with E-state index in [1.165, 1.54) is 5.56 Å². The fourth-order valence-corrected chi connectivity index (χ4v) is 2.96. The zero-order valence-corrected chi connectivity index (χ0v) is 14.8. The molecule has 0 bridgehead atoms. The molecule has 0 atom stereocenters. The van der Waals surface area contributed by atoms with E-state index in [4.69, 9.17) is 15.5 Å². The first-order valence-corrected chi connectivity index (χ1v) is 8.47. The number of nitrogen functional groups attached to an aromatic ring is 1. The second-order valence-electron chi connectivity index (χ2n) is 6.36. The Labute approximate surface area is 152 Å². The number of aromatic nitrogens is 3. The summed E-state index contributed by atoms with van der Waals surface area (Å²) in [7, 11) is 1.66. The summed E-state index contributed by atoms with van der Waals surface area (Å²) in [5, 5.41) is 4.60. The summed E-state index contributed by atoms with van der Waals surface area (Å²) in [6.45, 7) is 2.07. The molecule has 0 unspecified atom stereocenters. The highest BCUT2D eigenvalue weighted by atomic mass is 16.5. The third-order valence-corrected chi connectivity index (χ3v) is 4.40. The van der Waals surface area contributed by atoms with Crippen molar-refractivity contribution in [3.63, 3.8) is 0 Å². The Morgan fingerprint density at radius 3 is 2.42 bits per heavy atom. The lowest BCUT2D eigenvalue weighted by Crippen LogP contribution is -2.01. The van der Waals surface area contributed by atoms with Gasteiger partial charge in [0.2, 0.25) is 0 Å². The molecule has 130 valence electrons. The van der Waals surface area contributed by atoms with Gasteiger partial charge in [-0.25, -0.2) is 4.98 Å². The average molecular weight is 344 g/mol. The molecular formula is C21H20N4O. The third-order valence-electron chi connectivity index (χ3n) is 4.40. The lowest BCUT2D eigenvalue weighted by molar-refractivity contribution is 0.414. The van der Waals surface area contributed by atoms with Gasteiger partial charge < -0.3 is 10.5 Å². The topological polar surface area (TPSA) is 65.4 Å². The minimum absolute atomic E-state index is 0.576. The summed E-state index contributed by atoms with van der Waals surface area (Å²) in [6, 6.07) is 20.1. The summed E-state index contributed by atoms with van der Waals surface area (Å²) in [5.41, 5.74) is 12.2. The average Bonchev–Trinajstić information content (AvgIpc) is 3.06. The van der Waals surface area contributed by atoms with Crippen LogP contribution in [0.15, 0.2) is 60.7 Å². The number of hydrogen-bond acceptors (Lipinski definition) is 4. The normalized spacial score (nSPS) is 11.0. The van der Waals surface area contributed by atoms with Crippen LogP contribution in [0.5, 0.6) is 5.75 Å². The van der Waals surface area contributed by atoms with E-state index in [1.54, 1.807) is 11.6 Å². The Kier molecular flexibility index (Phi) is 4.05. The number of benzene rings is 2. The summed E-state index contributed by atoms with van der Waals surface area (Å²) >= 11 is 0. The maximum absolute atomic E-state index is 6.21. The van der Waals surface area contributed by atoms with Crippen molar-refractivity contribution in [2.75, 3.05) is 12.8 Å². The monoisotopic (exact) mass is 344 g/mol. The summed E-state index contributed by atoms with van der Waals surface area (Å²) in [4.78, 5) is 4.73. The molecule has 4 aromatic rings. The molecule has 0 saturated heterocycles. The van der Waals surface area contributed by atoms with E-state index in [0.717, 1.165) is 33.9 Å². The Hall–Kier alpha value is -3.34. The highest BCUT2D eigenvalue weighted by Gasteiger charge is 2.10. The van der Waals surface area contributed by atoms with Crippen LogP contribution in [0.1, 0.15) is 16.8 Å². The molecule has 4 rings (SSSR count). The molecule has 2 N–H and O–H groups in total. The van der Waals surface area contributed by atoms with Gasteiger partial charge >= 0.3 is 0 Å². The van der Waals surface area contributed by atoms with Crippen LogP contribution in [0.4, 0.5) is 5.82 Å². The number of ether oxygens (including phenoxy) is 1. The molecule has 0 fully saturated rings. The number of anilines is 1. The van der Waals surface area contributed by atoms with Gasteiger partial charge in [0.05, 0.1) is 18.5 Å². The summed E-state index contributed by atoms with van der Waals surface area (Å²) in [6.07, 6.45) is 0.715. The van der Waals surface area contributed by atoms with Crippen LogP contribution in [-0.2, 0) is 6.42 Å². The number of nitrogens with two attached hydrogens (primary N) is 1. The predicted molar refractivity (Wildman–Crippen MR) is 103 cm³/mol. The van der Waals surface area contributed by atoms with Crippen LogP contribution in [0.3, 0.4) is 0 Å². The van der Waals surface area contributed by atoms with Crippen molar-refractivity contribution >= 4 is 11.5 Å². The van der Waals surface area contributed by atoms with Crippen molar-refractivity contribution in [3.05, 3.63) is 77.5 Å². The molecule has 0 spiro atoms. The largest absolute Gasteiger partial charge is 0.497 e. The number of hydrogen-bond donors (Lipinski definition) is 1. The fraction of sp³-hybridized carbons (Fsp3) is 0.143. The van der Waals surface area contributed by atoms with Gasteiger partial charge in [-0.2, -0.15) is 9.61 Å². The van der Waals surface area contributed by atoms with Crippen LogP contribution in [-0.4, -0.2) is 21.7 Å². The van der Waals surface area contributed by atoms with Crippen LogP contribution in [0.2, 0.25) is 0 Å². The summed E-state index contributed by atoms with van der Waals surface area (Å²) < 4.78 is 6.89. The van der Waals surface area contributed by atoms with E-state index < -0.39 is 0 Å². The second kappa shape index (κ2) is 6.52. The number of fused-ring (bicyclic) bond motifs is 1. The Morgan fingerprint density at radius 2 is 1.73 bits per heavy atom. The predicted octanol–water partition coefficient (Wildman–Crippen LogP) is 3.89. The van der Waals surface area contributed by atoms with Gasteiger partial charge in [-0.3, -0.25) is 0 Å². The van der Waals surface area contributed by atoms with Crippen LogP contribution in [0.25, 0.3) is 16.9 Å². The molecule has 0 amide bonds. The number of nitrogens with zero attached hydrogens (tertiary/aromatic N) is 3. The molecule has 0 saturated carbocycles. The van der Waals surface area contributed by atoms with Crippen molar-refractivity contribution in [1.82, 2.24) is 14.6 Å². The number of aryl methyl sites for hydroxylation is 1. The minimum atomic E-state index is 0.576. The first-order valence-electron chi connectivity index (χ1n) is 8.47. The Bertz CT molecular complexity index is 1050. The van der Waals surface area contributed by atoms with Gasteiger partial charge in [-0.1, -0.05) is 42.0 Å². The minimum Gasteiger partial charge on any atom is -0.497 e. The molecule has 0 aliphatic heterocycles. The van der Waals surface area contributed by atoms with Gasteiger partial charge in [-0.05, 0) is 24.6 Å². The number of methoxy groups -OCH3 is 1. The molecule has 5 nitrogen and oxygen atoms in total. The Morgan fingerprint density at radius 1 is 1.00 bits per heavy atom. The lowest BCUT2D eigenvalue weighted by Gasteiger charge is -2.05. The molecule has 0 radical (unpaired) electrons. The zero-order chi connectivity index (χ0) is 18.1. The smallest absolute Gasteiger partial charge is 0.158 e. The van der Waals surface area contributed by atoms with E-state index in [0.29, 0.717) is 12.2 Å². The molecule has 0 aliphatic carbocycles. The van der Waals surface area contributed by atoms with E-state index in [2.05, 4.69) is 36.3 Å². The molecular weight excluding hydrogens is 324 g/mol. The molecule has 26 heavy (non-hydrogen) atoms. The maximum Gasteiger partial charge on any atom is 0.158 e. The standard InChI is InChI=1S/C21H20N4O/c1-14-3-7-16(8-4-14)19-13-20(22)25-21(23-19)12-17(24-25)11-15-5-9-18(26-2)10-6-15/h3-10,12-13H,11,22H2,1-2H3. The summed E-state index contributed by atoms with van der Waals surface area (Å²) in [5.74, 6) is 1.42. The lowest BCUT2D eigenvalue weighted by atomic mass is 10.1. The first kappa shape index (κ1) is 16.1. The van der Waals surface area contributed by atoms with Crippen molar-refractivity contribution in [1.29, 1.82) is 0 Å². The Balaban J connectivity index is 1.67. The van der Waals surface area contributed by atoms with Crippen molar-refractivity contribution in [2.45, 2.75) is 13.3 Å². The van der Waals surface area contributed by atoms with Crippen molar-refractivity contribution in [3.8, 4) is 17.0 Å². The van der Waals surface area contributed by atoms with Gasteiger partial charge in [0.15, 0.2) is 5.65 Å². The van der Waals surface area contributed by atoms with Gasteiger partial charge in [0, 0.05) is 24.1 Å². The molecule has 2 aromatic heterocycles. The molecule has 0 aliphatic rings. The number of rotatable bonds is 4. The van der Waals surface area contributed by atoms with Crippen molar-refractivity contribution in [2.24, 2.45) is 0 Å².